The van der Waals surface area contributed by atoms with Crippen molar-refractivity contribution in [1.29, 1.82) is 0 Å². The van der Waals surface area contributed by atoms with Gasteiger partial charge in [0.15, 0.2) is 0 Å². The molecule has 2 heterocycles. The molecule has 2 unspecified atom stereocenters. The average Bonchev–Trinajstić information content (AvgIpc) is 2.68. The number of likely N-dealkylation sites (N-methyl/N-ethyl adjacent to an activating group) is 1. The molecule has 84 valence electrons. The lowest BCUT2D eigenvalue weighted by atomic mass is 9.74. The zero-order valence-corrected chi connectivity index (χ0v) is 10.3. The highest BCUT2D eigenvalue weighted by atomic mass is 15.4. The SMILES string of the molecule is CC12CCCC[N+]1(C)CCC1=C2CCC1. The van der Waals surface area contributed by atoms with Gasteiger partial charge in [0.1, 0.15) is 5.54 Å². The number of hydrogen-bond acceptors (Lipinski definition) is 0. The largest absolute Gasteiger partial charge is 0.318 e. The molecule has 1 aliphatic carbocycles. The van der Waals surface area contributed by atoms with Gasteiger partial charge in [-0.05, 0) is 44.6 Å². The maximum absolute atomic E-state index is 2.56. The zero-order chi connectivity index (χ0) is 10.5. The molecule has 0 saturated carbocycles. The van der Waals surface area contributed by atoms with Crippen LogP contribution >= 0.6 is 0 Å². The third-order valence-electron chi connectivity index (χ3n) is 5.65. The molecule has 0 N–H and O–H groups in total. The predicted molar refractivity (Wildman–Crippen MR) is 63.7 cm³/mol. The summed E-state index contributed by atoms with van der Waals surface area (Å²) < 4.78 is 1.35. The minimum absolute atomic E-state index is 0.530. The smallest absolute Gasteiger partial charge is 0.118 e. The Morgan fingerprint density at radius 2 is 1.87 bits per heavy atom. The number of piperidine rings is 1. The van der Waals surface area contributed by atoms with Crippen molar-refractivity contribution in [3.05, 3.63) is 11.1 Å². The Morgan fingerprint density at radius 1 is 1.00 bits per heavy atom. The molecule has 0 radical (unpaired) electrons. The average molecular weight is 206 g/mol. The molecular formula is C14H24N+. The lowest BCUT2D eigenvalue weighted by Gasteiger charge is -2.56. The highest BCUT2D eigenvalue weighted by molar-refractivity contribution is 5.30. The summed E-state index contributed by atoms with van der Waals surface area (Å²) in [6.07, 6.45) is 10.0. The maximum Gasteiger partial charge on any atom is 0.118 e. The van der Waals surface area contributed by atoms with Crippen molar-refractivity contribution in [2.75, 3.05) is 20.1 Å². The van der Waals surface area contributed by atoms with Crippen LogP contribution in [0.25, 0.3) is 0 Å². The minimum Gasteiger partial charge on any atom is -0.318 e. The van der Waals surface area contributed by atoms with Gasteiger partial charge in [-0.2, -0.15) is 0 Å². The lowest BCUT2D eigenvalue weighted by Crippen LogP contribution is -2.65. The minimum atomic E-state index is 0.530. The maximum atomic E-state index is 2.56. The van der Waals surface area contributed by atoms with E-state index in [1.807, 2.05) is 11.1 Å². The fraction of sp³-hybridized carbons (Fsp3) is 0.857. The summed E-state index contributed by atoms with van der Waals surface area (Å²) >= 11 is 0. The summed E-state index contributed by atoms with van der Waals surface area (Å²) in [5.41, 5.74) is 4.27. The third-order valence-corrected chi connectivity index (χ3v) is 5.65. The second kappa shape index (κ2) is 3.10. The molecule has 1 nitrogen and oxygen atoms in total. The van der Waals surface area contributed by atoms with Gasteiger partial charge in [0.2, 0.25) is 0 Å². The van der Waals surface area contributed by atoms with Crippen LogP contribution in [-0.4, -0.2) is 30.2 Å². The van der Waals surface area contributed by atoms with Crippen molar-refractivity contribution in [3.8, 4) is 0 Å². The van der Waals surface area contributed by atoms with E-state index in [1.165, 1.54) is 62.5 Å². The molecule has 0 spiro atoms. The van der Waals surface area contributed by atoms with E-state index in [1.54, 1.807) is 0 Å². The van der Waals surface area contributed by atoms with Crippen molar-refractivity contribution in [2.24, 2.45) is 0 Å². The molecule has 2 aliphatic heterocycles. The molecule has 0 aromatic heterocycles. The fourth-order valence-electron chi connectivity index (χ4n) is 4.40. The molecule has 3 rings (SSSR count). The van der Waals surface area contributed by atoms with Gasteiger partial charge in [-0.1, -0.05) is 5.57 Å². The van der Waals surface area contributed by atoms with Gasteiger partial charge in [0, 0.05) is 12.8 Å². The van der Waals surface area contributed by atoms with Crippen LogP contribution in [0.5, 0.6) is 0 Å². The van der Waals surface area contributed by atoms with Gasteiger partial charge < -0.3 is 4.48 Å². The lowest BCUT2D eigenvalue weighted by molar-refractivity contribution is -0.958. The van der Waals surface area contributed by atoms with E-state index in [2.05, 4.69) is 14.0 Å². The van der Waals surface area contributed by atoms with Crippen LogP contribution in [-0.2, 0) is 0 Å². The second-order valence-electron chi connectivity index (χ2n) is 6.26. The predicted octanol–water partition coefficient (Wildman–Crippen LogP) is 3.26. The number of hydrogen-bond donors (Lipinski definition) is 0. The van der Waals surface area contributed by atoms with E-state index in [4.69, 9.17) is 0 Å². The first-order valence-corrected chi connectivity index (χ1v) is 6.72. The summed E-state index contributed by atoms with van der Waals surface area (Å²) in [6, 6.07) is 0. The molecule has 0 bridgehead atoms. The second-order valence-corrected chi connectivity index (χ2v) is 6.26. The Labute approximate surface area is 93.7 Å². The summed E-state index contributed by atoms with van der Waals surface area (Å²) in [5.74, 6) is 0. The van der Waals surface area contributed by atoms with Crippen LogP contribution in [0.4, 0.5) is 0 Å². The quantitative estimate of drug-likeness (QED) is 0.421. The van der Waals surface area contributed by atoms with Crippen molar-refractivity contribution in [1.82, 2.24) is 0 Å². The van der Waals surface area contributed by atoms with Crippen LogP contribution in [0.1, 0.15) is 51.9 Å². The summed E-state index contributed by atoms with van der Waals surface area (Å²) in [5, 5.41) is 0. The number of nitrogens with zero attached hydrogens (tertiary/aromatic N) is 1. The van der Waals surface area contributed by atoms with Crippen molar-refractivity contribution in [3.63, 3.8) is 0 Å². The van der Waals surface area contributed by atoms with E-state index in [-0.39, 0.29) is 0 Å². The highest BCUT2D eigenvalue weighted by Gasteiger charge is 2.52. The molecule has 0 amide bonds. The van der Waals surface area contributed by atoms with Crippen molar-refractivity contribution >= 4 is 0 Å². The molecule has 1 heteroatoms. The molecule has 0 aromatic rings. The Balaban J connectivity index is 2.05. The standard InChI is InChI=1S/C14H24N/c1-14-9-3-4-10-15(14,2)11-8-12-6-5-7-13(12)14/h3-11H2,1-2H3/q+1. The number of quaternary nitrogens is 1. The van der Waals surface area contributed by atoms with Gasteiger partial charge in [-0.15, -0.1) is 0 Å². The van der Waals surface area contributed by atoms with Gasteiger partial charge >= 0.3 is 0 Å². The van der Waals surface area contributed by atoms with Gasteiger partial charge in [0.05, 0.1) is 20.1 Å². The monoisotopic (exact) mass is 206 g/mol. The van der Waals surface area contributed by atoms with Crippen LogP contribution in [0, 0.1) is 0 Å². The number of rotatable bonds is 0. The third kappa shape index (κ3) is 1.19. The Bertz CT molecular complexity index is 317. The molecule has 2 atom stereocenters. The first kappa shape index (κ1) is 9.89. The first-order valence-electron chi connectivity index (χ1n) is 6.72. The van der Waals surface area contributed by atoms with Crippen molar-refractivity contribution in [2.45, 2.75) is 57.4 Å². The Kier molecular flexibility index (Phi) is 2.04. The zero-order valence-electron chi connectivity index (χ0n) is 10.3. The molecule has 3 aliphatic rings. The van der Waals surface area contributed by atoms with E-state index in [0.717, 1.165) is 0 Å². The molecule has 15 heavy (non-hydrogen) atoms. The summed E-state index contributed by atoms with van der Waals surface area (Å²) in [7, 11) is 2.52. The normalized spacial score (nSPS) is 45.2. The van der Waals surface area contributed by atoms with E-state index < -0.39 is 0 Å². The molecule has 0 aromatic carbocycles. The summed E-state index contributed by atoms with van der Waals surface area (Å²) in [4.78, 5) is 0. The fourth-order valence-corrected chi connectivity index (χ4v) is 4.40. The molecule has 1 fully saturated rings. The Hall–Kier alpha value is -0.300. The van der Waals surface area contributed by atoms with E-state index in [9.17, 15) is 0 Å². The van der Waals surface area contributed by atoms with E-state index >= 15 is 0 Å². The molecule has 1 saturated heterocycles. The van der Waals surface area contributed by atoms with Gasteiger partial charge in [-0.3, -0.25) is 0 Å². The summed E-state index contributed by atoms with van der Waals surface area (Å²) in [6.45, 7) is 5.40. The van der Waals surface area contributed by atoms with Crippen molar-refractivity contribution < 1.29 is 4.48 Å². The van der Waals surface area contributed by atoms with Crippen LogP contribution in [0.15, 0.2) is 11.1 Å². The molecular weight excluding hydrogens is 182 g/mol. The first-order chi connectivity index (χ1) is 7.16. The van der Waals surface area contributed by atoms with Crippen LogP contribution in [0.3, 0.4) is 0 Å². The van der Waals surface area contributed by atoms with Gasteiger partial charge in [0.25, 0.3) is 0 Å². The topological polar surface area (TPSA) is 0 Å². The van der Waals surface area contributed by atoms with Crippen LogP contribution < -0.4 is 0 Å². The highest BCUT2D eigenvalue weighted by Crippen LogP contribution is 2.49. The Morgan fingerprint density at radius 3 is 2.73 bits per heavy atom. The van der Waals surface area contributed by atoms with E-state index in [0.29, 0.717) is 5.54 Å². The number of fused-ring (bicyclic) bond motifs is 2. The van der Waals surface area contributed by atoms with Gasteiger partial charge in [-0.25, -0.2) is 0 Å². The van der Waals surface area contributed by atoms with Crippen LogP contribution in [0.2, 0.25) is 0 Å².